The zero-order valence-corrected chi connectivity index (χ0v) is 11.0. The molecule has 0 aromatic rings. The predicted molar refractivity (Wildman–Crippen MR) is 66.0 cm³/mol. The Hall–Kier alpha value is -0.120. The molecule has 90 valence electrons. The van der Waals surface area contributed by atoms with E-state index >= 15 is 0 Å². The molecule has 0 aliphatic carbocycles. The van der Waals surface area contributed by atoms with Crippen molar-refractivity contribution in [3.8, 4) is 0 Å². The Kier molecular flexibility index (Phi) is 4.15. The van der Waals surface area contributed by atoms with Crippen LogP contribution in [0, 0.1) is 0 Å². The summed E-state index contributed by atoms with van der Waals surface area (Å²) in [6.45, 7) is 15.5. The number of nitrogens with zero attached hydrogens (tertiary/aromatic N) is 2. The van der Waals surface area contributed by atoms with Crippen molar-refractivity contribution >= 4 is 0 Å². The van der Waals surface area contributed by atoms with Crippen molar-refractivity contribution in [3.05, 3.63) is 0 Å². The SMILES string of the molecule is CC(C)N1CCN(C(C)C)CC(C)(N)C1. The van der Waals surface area contributed by atoms with Crippen LogP contribution in [-0.4, -0.2) is 53.6 Å². The first-order valence-electron chi connectivity index (χ1n) is 6.09. The zero-order valence-electron chi connectivity index (χ0n) is 11.0. The average molecular weight is 213 g/mol. The lowest BCUT2D eigenvalue weighted by Crippen LogP contribution is -2.53. The zero-order chi connectivity index (χ0) is 11.6. The predicted octanol–water partition coefficient (Wildman–Crippen LogP) is 1.14. The highest BCUT2D eigenvalue weighted by molar-refractivity contribution is 4.91. The summed E-state index contributed by atoms with van der Waals surface area (Å²) < 4.78 is 0. The summed E-state index contributed by atoms with van der Waals surface area (Å²) in [6, 6.07) is 1.19. The van der Waals surface area contributed by atoms with Gasteiger partial charge in [-0.15, -0.1) is 0 Å². The van der Waals surface area contributed by atoms with Gasteiger partial charge in [0.1, 0.15) is 0 Å². The fraction of sp³-hybridized carbons (Fsp3) is 1.00. The molecule has 0 aromatic heterocycles. The Bertz CT molecular complexity index is 179. The molecule has 0 saturated carbocycles. The van der Waals surface area contributed by atoms with E-state index in [9.17, 15) is 0 Å². The van der Waals surface area contributed by atoms with Gasteiger partial charge in [0.15, 0.2) is 0 Å². The van der Waals surface area contributed by atoms with Gasteiger partial charge in [-0.25, -0.2) is 0 Å². The lowest BCUT2D eigenvalue weighted by molar-refractivity contribution is 0.199. The summed E-state index contributed by atoms with van der Waals surface area (Å²) in [5, 5.41) is 0. The average Bonchev–Trinajstić information content (AvgIpc) is 2.23. The van der Waals surface area contributed by atoms with Crippen LogP contribution in [0.2, 0.25) is 0 Å². The van der Waals surface area contributed by atoms with Crippen LogP contribution in [0.4, 0.5) is 0 Å². The minimum atomic E-state index is -0.0783. The summed E-state index contributed by atoms with van der Waals surface area (Å²) in [7, 11) is 0. The topological polar surface area (TPSA) is 32.5 Å². The van der Waals surface area contributed by atoms with E-state index in [-0.39, 0.29) is 5.54 Å². The van der Waals surface area contributed by atoms with E-state index in [1.54, 1.807) is 0 Å². The van der Waals surface area contributed by atoms with E-state index in [2.05, 4.69) is 44.4 Å². The van der Waals surface area contributed by atoms with E-state index in [1.807, 2.05) is 0 Å². The molecule has 1 fully saturated rings. The molecule has 0 atom stereocenters. The molecule has 0 radical (unpaired) electrons. The van der Waals surface area contributed by atoms with E-state index in [4.69, 9.17) is 5.73 Å². The maximum absolute atomic E-state index is 6.35. The summed E-state index contributed by atoms with van der Waals surface area (Å²) in [5.41, 5.74) is 6.27. The van der Waals surface area contributed by atoms with Crippen LogP contribution in [-0.2, 0) is 0 Å². The maximum atomic E-state index is 6.35. The second kappa shape index (κ2) is 4.81. The van der Waals surface area contributed by atoms with Crippen molar-refractivity contribution in [2.45, 2.75) is 52.2 Å². The molecule has 0 bridgehead atoms. The first-order chi connectivity index (χ1) is 6.82. The summed E-state index contributed by atoms with van der Waals surface area (Å²) in [4.78, 5) is 4.98. The lowest BCUT2D eigenvalue weighted by atomic mass is 10.0. The molecule has 2 N–H and O–H groups in total. The monoisotopic (exact) mass is 213 g/mol. The molecule has 3 heteroatoms. The normalized spacial score (nSPS) is 24.8. The number of hydrogen-bond acceptors (Lipinski definition) is 3. The highest BCUT2D eigenvalue weighted by atomic mass is 15.3. The quantitative estimate of drug-likeness (QED) is 0.746. The van der Waals surface area contributed by atoms with Crippen molar-refractivity contribution in [1.82, 2.24) is 9.80 Å². The Morgan fingerprint density at radius 1 is 0.933 bits per heavy atom. The van der Waals surface area contributed by atoms with E-state index in [0.717, 1.165) is 26.2 Å². The van der Waals surface area contributed by atoms with Gasteiger partial charge in [-0.3, -0.25) is 9.80 Å². The molecular weight excluding hydrogens is 186 g/mol. The molecule has 1 aliphatic rings. The largest absolute Gasteiger partial charge is 0.323 e. The fourth-order valence-electron chi connectivity index (χ4n) is 2.27. The molecule has 1 heterocycles. The van der Waals surface area contributed by atoms with Crippen molar-refractivity contribution in [2.75, 3.05) is 26.2 Å². The Balaban J connectivity index is 2.69. The Morgan fingerprint density at radius 3 is 1.53 bits per heavy atom. The van der Waals surface area contributed by atoms with Crippen LogP contribution in [0.1, 0.15) is 34.6 Å². The minimum Gasteiger partial charge on any atom is -0.323 e. The highest BCUT2D eigenvalue weighted by Crippen LogP contribution is 2.15. The third kappa shape index (κ3) is 3.74. The third-order valence-corrected chi connectivity index (χ3v) is 3.26. The first-order valence-corrected chi connectivity index (χ1v) is 6.09. The van der Waals surface area contributed by atoms with Gasteiger partial charge in [0.2, 0.25) is 0 Å². The molecule has 1 aliphatic heterocycles. The maximum Gasteiger partial charge on any atom is 0.0384 e. The summed E-state index contributed by atoms with van der Waals surface area (Å²) >= 11 is 0. The molecule has 0 aromatic carbocycles. The number of hydrogen-bond donors (Lipinski definition) is 1. The standard InChI is InChI=1S/C12H27N3/c1-10(2)14-6-7-15(11(3)4)9-12(5,13)8-14/h10-11H,6-9,13H2,1-5H3. The molecule has 15 heavy (non-hydrogen) atoms. The molecular formula is C12H27N3. The van der Waals surface area contributed by atoms with Gasteiger partial charge < -0.3 is 5.73 Å². The van der Waals surface area contributed by atoms with Crippen molar-refractivity contribution in [2.24, 2.45) is 5.73 Å². The Labute approximate surface area is 94.6 Å². The van der Waals surface area contributed by atoms with Crippen molar-refractivity contribution in [1.29, 1.82) is 0 Å². The molecule has 1 saturated heterocycles. The second-order valence-electron chi connectivity index (χ2n) is 5.78. The fourth-order valence-corrected chi connectivity index (χ4v) is 2.27. The molecule has 0 spiro atoms. The van der Waals surface area contributed by atoms with E-state index < -0.39 is 0 Å². The van der Waals surface area contributed by atoms with Crippen molar-refractivity contribution in [3.63, 3.8) is 0 Å². The Morgan fingerprint density at radius 2 is 1.27 bits per heavy atom. The number of nitrogens with two attached hydrogens (primary N) is 1. The molecule has 1 rings (SSSR count). The minimum absolute atomic E-state index is 0.0783. The van der Waals surface area contributed by atoms with Gasteiger partial charge in [0, 0.05) is 43.8 Å². The van der Waals surface area contributed by atoms with Gasteiger partial charge in [-0.1, -0.05) is 0 Å². The highest BCUT2D eigenvalue weighted by Gasteiger charge is 2.30. The van der Waals surface area contributed by atoms with Crippen molar-refractivity contribution < 1.29 is 0 Å². The van der Waals surface area contributed by atoms with Crippen LogP contribution < -0.4 is 5.73 Å². The molecule has 0 amide bonds. The van der Waals surface area contributed by atoms with Gasteiger partial charge in [-0.05, 0) is 34.6 Å². The van der Waals surface area contributed by atoms with E-state index in [0.29, 0.717) is 12.1 Å². The third-order valence-electron chi connectivity index (χ3n) is 3.26. The van der Waals surface area contributed by atoms with Crippen LogP contribution in [0.3, 0.4) is 0 Å². The van der Waals surface area contributed by atoms with Crippen LogP contribution in [0.15, 0.2) is 0 Å². The van der Waals surface area contributed by atoms with Gasteiger partial charge >= 0.3 is 0 Å². The van der Waals surface area contributed by atoms with Crippen LogP contribution in [0.5, 0.6) is 0 Å². The lowest BCUT2D eigenvalue weighted by Gasteiger charge is -2.33. The van der Waals surface area contributed by atoms with Gasteiger partial charge in [0.25, 0.3) is 0 Å². The molecule has 3 nitrogen and oxygen atoms in total. The van der Waals surface area contributed by atoms with E-state index in [1.165, 1.54) is 0 Å². The second-order valence-corrected chi connectivity index (χ2v) is 5.78. The van der Waals surface area contributed by atoms with Gasteiger partial charge in [0.05, 0.1) is 0 Å². The van der Waals surface area contributed by atoms with Gasteiger partial charge in [-0.2, -0.15) is 0 Å². The van der Waals surface area contributed by atoms with Crippen LogP contribution >= 0.6 is 0 Å². The summed E-state index contributed by atoms with van der Waals surface area (Å²) in [6.07, 6.45) is 0. The smallest absolute Gasteiger partial charge is 0.0384 e. The molecule has 0 unspecified atom stereocenters. The number of rotatable bonds is 2. The summed E-state index contributed by atoms with van der Waals surface area (Å²) in [5.74, 6) is 0. The van der Waals surface area contributed by atoms with Crippen LogP contribution in [0.25, 0.3) is 0 Å². The first kappa shape index (κ1) is 12.9.